The zero-order valence-electron chi connectivity index (χ0n) is 9.60. The Bertz CT molecular complexity index is 326. The lowest BCUT2D eigenvalue weighted by atomic mass is 9.91. The molecule has 1 nitrogen and oxygen atoms in total. The molecule has 122 valence electrons. The van der Waals surface area contributed by atoms with Crippen LogP contribution in [0.2, 0.25) is 0 Å². The zero-order chi connectivity index (χ0) is 17.0. The lowest BCUT2D eigenvalue weighted by molar-refractivity contribution is -0.441. The van der Waals surface area contributed by atoms with Gasteiger partial charge in [-0.2, -0.15) is 48.3 Å². The van der Waals surface area contributed by atoms with Gasteiger partial charge in [0.25, 0.3) is 0 Å². The second-order valence-electron chi connectivity index (χ2n) is 4.12. The maximum absolute atomic E-state index is 12.9. The molecule has 1 unspecified atom stereocenters. The summed E-state index contributed by atoms with van der Waals surface area (Å²) in [4.78, 5) is 0. The largest absolute Gasteiger partial charge is 0.379 e. The van der Waals surface area contributed by atoms with Crippen molar-refractivity contribution in [2.75, 3.05) is 0 Å². The van der Waals surface area contributed by atoms with Gasteiger partial charge in [0.05, 0.1) is 0 Å². The van der Waals surface area contributed by atoms with E-state index in [2.05, 4.69) is 0 Å². The van der Waals surface area contributed by atoms with Crippen LogP contribution in [0.3, 0.4) is 0 Å². The molecule has 1 atom stereocenters. The van der Waals surface area contributed by atoms with Crippen LogP contribution in [0.25, 0.3) is 0 Å². The number of alkyl halides is 11. The topological polar surface area (TPSA) is 20.2 Å². The average molecular weight is 328 g/mol. The molecule has 0 radical (unpaired) electrons. The van der Waals surface area contributed by atoms with E-state index >= 15 is 0 Å². The van der Waals surface area contributed by atoms with E-state index in [9.17, 15) is 48.3 Å². The van der Waals surface area contributed by atoms with Gasteiger partial charge < -0.3 is 5.11 Å². The monoisotopic (exact) mass is 328 g/mol. The van der Waals surface area contributed by atoms with Crippen molar-refractivity contribution in [1.82, 2.24) is 0 Å². The van der Waals surface area contributed by atoms with Crippen LogP contribution < -0.4 is 0 Å². The first-order chi connectivity index (χ1) is 8.25. The first kappa shape index (κ1) is 19.2. The van der Waals surface area contributed by atoms with Gasteiger partial charge in [-0.05, 0) is 0 Å². The Morgan fingerprint density at radius 2 is 0.750 bits per heavy atom. The van der Waals surface area contributed by atoms with Gasteiger partial charge in [-0.25, -0.2) is 0 Å². The van der Waals surface area contributed by atoms with Crippen LogP contribution in [0.15, 0.2) is 0 Å². The molecule has 0 aromatic carbocycles. The highest BCUT2D eigenvalue weighted by atomic mass is 19.4. The summed E-state index contributed by atoms with van der Waals surface area (Å²) in [5.41, 5.74) is 0. The SMILES string of the molecule is CC(F)(F)C(F)(F)C(O)(F)C(F)(F)C(F)(F)C(C)(F)F. The summed E-state index contributed by atoms with van der Waals surface area (Å²) in [6.45, 7) is -1.75. The van der Waals surface area contributed by atoms with E-state index in [-0.39, 0.29) is 0 Å². The van der Waals surface area contributed by atoms with Gasteiger partial charge in [0, 0.05) is 13.8 Å². The molecular formula is C8H7F11O. The first-order valence-corrected chi connectivity index (χ1v) is 4.55. The van der Waals surface area contributed by atoms with E-state index in [4.69, 9.17) is 5.11 Å². The van der Waals surface area contributed by atoms with Crippen molar-refractivity contribution in [3.05, 3.63) is 0 Å². The Labute approximate surface area is 104 Å². The minimum absolute atomic E-state index is 0.865. The number of halogens is 11. The lowest BCUT2D eigenvalue weighted by Crippen LogP contribution is -2.71. The van der Waals surface area contributed by atoms with Crippen molar-refractivity contribution in [3.63, 3.8) is 0 Å². The third-order valence-electron chi connectivity index (χ3n) is 2.33. The summed E-state index contributed by atoms with van der Waals surface area (Å²) < 4.78 is 138. The molecule has 0 saturated carbocycles. The third kappa shape index (κ3) is 2.31. The van der Waals surface area contributed by atoms with E-state index < -0.39 is 49.3 Å². The predicted octanol–water partition coefficient (Wildman–Crippen LogP) is 3.86. The van der Waals surface area contributed by atoms with Gasteiger partial charge in [-0.3, -0.25) is 0 Å². The zero-order valence-corrected chi connectivity index (χ0v) is 9.60. The molecular weight excluding hydrogens is 321 g/mol. The van der Waals surface area contributed by atoms with Gasteiger partial charge >= 0.3 is 35.5 Å². The highest BCUT2D eigenvalue weighted by Gasteiger charge is 2.87. The van der Waals surface area contributed by atoms with Crippen LogP contribution in [0.1, 0.15) is 13.8 Å². The van der Waals surface area contributed by atoms with Crippen LogP contribution in [0, 0.1) is 0 Å². The van der Waals surface area contributed by atoms with Gasteiger partial charge in [0.2, 0.25) is 0 Å². The molecule has 0 aliphatic heterocycles. The van der Waals surface area contributed by atoms with Crippen molar-refractivity contribution in [3.8, 4) is 0 Å². The Kier molecular flexibility index (Phi) is 4.16. The molecule has 0 spiro atoms. The van der Waals surface area contributed by atoms with E-state index in [1.807, 2.05) is 0 Å². The number of hydrogen-bond acceptors (Lipinski definition) is 1. The molecule has 0 amide bonds. The summed E-state index contributed by atoms with van der Waals surface area (Å²) >= 11 is 0. The Morgan fingerprint density at radius 3 is 0.950 bits per heavy atom. The highest BCUT2D eigenvalue weighted by molar-refractivity contribution is 5.09. The van der Waals surface area contributed by atoms with Crippen molar-refractivity contribution in [1.29, 1.82) is 0 Å². The Hall–Kier alpha value is -0.810. The quantitative estimate of drug-likeness (QED) is 0.760. The summed E-state index contributed by atoms with van der Waals surface area (Å²) in [7, 11) is 0. The Morgan fingerprint density at radius 1 is 0.500 bits per heavy atom. The fourth-order valence-electron chi connectivity index (χ4n) is 0.972. The molecule has 12 heteroatoms. The first-order valence-electron chi connectivity index (χ1n) is 4.55. The standard InChI is InChI=1S/C8H7F11O/c1-3(9,10)5(13,14)7(17,18)8(19,20)6(15,16)4(2,11)12/h20H,1-2H3. The molecule has 0 aliphatic carbocycles. The third-order valence-corrected chi connectivity index (χ3v) is 2.33. The molecule has 0 aliphatic rings. The summed E-state index contributed by atoms with van der Waals surface area (Å²) in [5.74, 6) is -39.3. The van der Waals surface area contributed by atoms with Crippen LogP contribution in [0.5, 0.6) is 0 Å². The Balaban J connectivity index is 6.08. The summed E-state index contributed by atoms with van der Waals surface area (Å²) in [6, 6.07) is 0. The molecule has 0 rings (SSSR count). The van der Waals surface area contributed by atoms with Gasteiger partial charge in [0.1, 0.15) is 0 Å². The van der Waals surface area contributed by atoms with Crippen LogP contribution in [-0.2, 0) is 0 Å². The molecule has 0 saturated heterocycles. The minimum atomic E-state index is -7.21. The second kappa shape index (κ2) is 4.34. The fraction of sp³-hybridized carbons (Fsp3) is 1.00. The van der Waals surface area contributed by atoms with Crippen LogP contribution in [-0.4, -0.2) is 40.6 Å². The average Bonchev–Trinajstić information content (AvgIpc) is 2.12. The summed E-state index contributed by atoms with van der Waals surface area (Å²) in [5, 5.41) is 8.14. The molecule has 0 bridgehead atoms. The van der Waals surface area contributed by atoms with Crippen molar-refractivity contribution in [2.24, 2.45) is 0 Å². The number of hydrogen-bond donors (Lipinski definition) is 1. The fourth-order valence-corrected chi connectivity index (χ4v) is 0.972. The van der Waals surface area contributed by atoms with Crippen LogP contribution in [0.4, 0.5) is 48.3 Å². The minimum Gasteiger partial charge on any atom is -0.352 e. The normalized spacial score (nSPS) is 18.9. The number of aliphatic hydroxyl groups is 1. The predicted molar refractivity (Wildman–Crippen MR) is 42.1 cm³/mol. The van der Waals surface area contributed by atoms with Gasteiger partial charge in [-0.15, -0.1) is 0 Å². The molecule has 0 aromatic heterocycles. The van der Waals surface area contributed by atoms with Crippen molar-refractivity contribution in [2.45, 2.75) is 49.3 Å². The lowest BCUT2D eigenvalue weighted by Gasteiger charge is -2.41. The molecule has 1 N–H and O–H groups in total. The van der Waals surface area contributed by atoms with E-state index in [0.717, 1.165) is 0 Å². The van der Waals surface area contributed by atoms with Gasteiger partial charge in [0.15, 0.2) is 0 Å². The van der Waals surface area contributed by atoms with Crippen LogP contribution >= 0.6 is 0 Å². The second-order valence-corrected chi connectivity index (χ2v) is 4.12. The van der Waals surface area contributed by atoms with Crippen molar-refractivity contribution < 1.29 is 53.4 Å². The molecule has 0 heterocycles. The van der Waals surface area contributed by atoms with Gasteiger partial charge in [-0.1, -0.05) is 0 Å². The van der Waals surface area contributed by atoms with Crippen molar-refractivity contribution >= 4 is 0 Å². The molecule has 0 fully saturated rings. The van der Waals surface area contributed by atoms with E-state index in [0.29, 0.717) is 0 Å². The summed E-state index contributed by atoms with van der Waals surface area (Å²) in [6.07, 6.45) is 0. The molecule has 20 heavy (non-hydrogen) atoms. The molecule has 0 aromatic rings. The van der Waals surface area contributed by atoms with E-state index in [1.165, 1.54) is 0 Å². The number of rotatable bonds is 5. The maximum Gasteiger partial charge on any atom is 0.379 e. The maximum atomic E-state index is 12.9. The smallest absolute Gasteiger partial charge is 0.352 e. The van der Waals surface area contributed by atoms with E-state index in [1.54, 1.807) is 0 Å². The highest BCUT2D eigenvalue weighted by Crippen LogP contribution is 2.57.